The van der Waals surface area contributed by atoms with Gasteiger partial charge in [-0.2, -0.15) is 9.97 Å². The van der Waals surface area contributed by atoms with Gasteiger partial charge in [-0.25, -0.2) is 4.98 Å². The van der Waals surface area contributed by atoms with Gasteiger partial charge in [0.15, 0.2) is 11.6 Å². The Bertz CT molecular complexity index is 3430. The second-order valence-electron chi connectivity index (χ2n) is 14.4. The van der Waals surface area contributed by atoms with Crippen LogP contribution in [0.15, 0.2) is 192 Å². The Morgan fingerprint density at radius 3 is 1.51 bits per heavy atom. The third kappa shape index (κ3) is 4.81. The van der Waals surface area contributed by atoms with E-state index in [0.29, 0.717) is 17.6 Å². The van der Waals surface area contributed by atoms with Crippen molar-refractivity contribution in [2.75, 3.05) is 0 Å². The van der Waals surface area contributed by atoms with Gasteiger partial charge in [0.05, 0.1) is 27.8 Å². The van der Waals surface area contributed by atoms with Crippen molar-refractivity contribution in [1.29, 1.82) is 0 Å². The highest BCUT2D eigenvalue weighted by Crippen LogP contribution is 2.41. The quantitative estimate of drug-likeness (QED) is 0.177. The summed E-state index contributed by atoms with van der Waals surface area (Å²) in [6.07, 6.45) is 0. The predicted octanol–water partition coefficient (Wildman–Crippen LogP) is 13.0. The number of para-hydroxylation sites is 6. The van der Waals surface area contributed by atoms with E-state index in [0.717, 1.165) is 82.7 Å². The zero-order valence-electron chi connectivity index (χ0n) is 30.5. The first kappa shape index (κ1) is 31.5. The smallest absolute Gasteiger partial charge is 0.238 e. The van der Waals surface area contributed by atoms with Gasteiger partial charge in [-0.05, 0) is 60.2 Å². The first-order valence-electron chi connectivity index (χ1n) is 19.1. The van der Waals surface area contributed by atoms with Gasteiger partial charge in [-0.1, -0.05) is 133 Å². The van der Waals surface area contributed by atoms with E-state index in [1.807, 2.05) is 18.2 Å². The Morgan fingerprint density at radius 2 is 0.860 bits per heavy atom. The number of fused-ring (bicyclic) bond motifs is 9. The molecule has 0 aliphatic heterocycles. The van der Waals surface area contributed by atoms with Crippen molar-refractivity contribution >= 4 is 65.6 Å². The van der Waals surface area contributed by atoms with Crippen molar-refractivity contribution in [3.05, 3.63) is 188 Å². The number of nitrogens with zero attached hydrogens (tertiary/aromatic N) is 5. The van der Waals surface area contributed by atoms with E-state index < -0.39 is 0 Å². The second kappa shape index (κ2) is 12.3. The topological polar surface area (TPSA) is 61.7 Å². The Morgan fingerprint density at radius 1 is 0.351 bits per heavy atom. The van der Waals surface area contributed by atoms with Crippen molar-refractivity contribution in [1.82, 2.24) is 24.1 Å². The van der Waals surface area contributed by atoms with Crippen LogP contribution in [0.25, 0.3) is 111 Å². The monoisotopic (exact) mass is 729 g/mol. The number of benzene rings is 8. The third-order valence-corrected chi connectivity index (χ3v) is 11.2. The largest absolute Gasteiger partial charge is 0.455 e. The molecule has 4 heterocycles. The summed E-state index contributed by atoms with van der Waals surface area (Å²) in [7, 11) is 0. The highest BCUT2D eigenvalue weighted by Gasteiger charge is 2.22. The number of rotatable bonds is 5. The van der Waals surface area contributed by atoms with Crippen LogP contribution in [0.2, 0.25) is 0 Å². The average Bonchev–Trinajstić information content (AvgIpc) is 3.94. The van der Waals surface area contributed by atoms with Gasteiger partial charge >= 0.3 is 0 Å². The first-order chi connectivity index (χ1) is 28.3. The van der Waals surface area contributed by atoms with E-state index in [4.69, 9.17) is 19.4 Å². The lowest BCUT2D eigenvalue weighted by molar-refractivity contribution is 0.670. The molecular weight excluding hydrogens is 699 g/mol. The summed E-state index contributed by atoms with van der Waals surface area (Å²) in [5.74, 6) is 1.69. The van der Waals surface area contributed by atoms with Gasteiger partial charge in [0.25, 0.3) is 0 Å². The molecule has 0 saturated carbocycles. The molecule has 0 atom stereocenters. The van der Waals surface area contributed by atoms with Crippen LogP contribution in [-0.2, 0) is 0 Å². The van der Waals surface area contributed by atoms with Crippen molar-refractivity contribution in [3.63, 3.8) is 0 Å². The van der Waals surface area contributed by atoms with Crippen molar-refractivity contribution in [2.45, 2.75) is 0 Å². The Kier molecular flexibility index (Phi) is 6.83. The summed E-state index contributed by atoms with van der Waals surface area (Å²) >= 11 is 0. The predicted molar refractivity (Wildman–Crippen MR) is 232 cm³/mol. The lowest BCUT2D eigenvalue weighted by Gasteiger charge is -2.15. The zero-order chi connectivity index (χ0) is 37.5. The number of aromatic nitrogens is 5. The molecule has 0 fully saturated rings. The summed E-state index contributed by atoms with van der Waals surface area (Å²) in [6.45, 7) is 0. The molecule has 12 rings (SSSR count). The minimum Gasteiger partial charge on any atom is -0.455 e. The summed E-state index contributed by atoms with van der Waals surface area (Å²) in [5.41, 5.74) is 10.7. The van der Waals surface area contributed by atoms with Crippen LogP contribution >= 0.6 is 0 Å². The van der Waals surface area contributed by atoms with Gasteiger partial charge in [0, 0.05) is 49.0 Å². The maximum absolute atomic E-state index is 6.57. The van der Waals surface area contributed by atoms with Crippen LogP contribution < -0.4 is 0 Å². The maximum Gasteiger partial charge on any atom is 0.238 e. The minimum absolute atomic E-state index is 0.544. The van der Waals surface area contributed by atoms with Crippen LogP contribution in [-0.4, -0.2) is 24.1 Å². The molecular formula is C51H31N5O. The van der Waals surface area contributed by atoms with E-state index in [1.54, 1.807) is 0 Å². The van der Waals surface area contributed by atoms with Gasteiger partial charge in [0.1, 0.15) is 11.2 Å². The van der Waals surface area contributed by atoms with Crippen LogP contribution in [0.4, 0.5) is 0 Å². The number of hydrogen-bond donors (Lipinski definition) is 0. The van der Waals surface area contributed by atoms with Crippen LogP contribution in [0.5, 0.6) is 0 Å². The number of furan rings is 1. The SMILES string of the molecule is c1ccc(-c2cc(-c3nc(-c4ccccc4-n4c5ccccc5c5ccccc54)nc(-n4c5ccccc5c5ccccc54)n3)cc3c2oc2ccccc23)cc1. The van der Waals surface area contributed by atoms with E-state index in [1.165, 1.54) is 10.8 Å². The molecule has 266 valence electrons. The van der Waals surface area contributed by atoms with Crippen LogP contribution in [0.1, 0.15) is 0 Å². The zero-order valence-corrected chi connectivity index (χ0v) is 30.5. The molecule has 0 spiro atoms. The van der Waals surface area contributed by atoms with Gasteiger partial charge in [-0.3, -0.25) is 4.57 Å². The molecule has 8 aromatic carbocycles. The minimum atomic E-state index is 0.544. The van der Waals surface area contributed by atoms with Gasteiger partial charge in [-0.15, -0.1) is 0 Å². The fourth-order valence-electron chi connectivity index (χ4n) is 8.68. The summed E-state index contributed by atoms with van der Waals surface area (Å²) < 4.78 is 11.1. The fourth-order valence-corrected chi connectivity index (χ4v) is 8.68. The second-order valence-corrected chi connectivity index (χ2v) is 14.4. The van der Waals surface area contributed by atoms with Gasteiger partial charge < -0.3 is 8.98 Å². The van der Waals surface area contributed by atoms with Crippen molar-refractivity contribution < 1.29 is 4.42 Å². The highest BCUT2D eigenvalue weighted by atomic mass is 16.3. The highest BCUT2D eigenvalue weighted by molar-refractivity contribution is 6.12. The molecule has 0 radical (unpaired) electrons. The molecule has 0 amide bonds. The molecule has 0 bridgehead atoms. The van der Waals surface area contributed by atoms with Crippen LogP contribution in [0.3, 0.4) is 0 Å². The summed E-state index contributed by atoms with van der Waals surface area (Å²) in [4.78, 5) is 16.2. The Hall–Kier alpha value is -7.83. The van der Waals surface area contributed by atoms with Crippen LogP contribution in [0, 0.1) is 0 Å². The molecule has 0 N–H and O–H groups in total. The number of hydrogen-bond acceptors (Lipinski definition) is 4. The molecule has 4 aromatic heterocycles. The Labute approximate surface area is 326 Å². The molecule has 0 aliphatic carbocycles. The normalized spacial score (nSPS) is 11.9. The lowest BCUT2D eigenvalue weighted by Crippen LogP contribution is -2.08. The Balaban J connectivity index is 1.19. The maximum atomic E-state index is 6.57. The first-order valence-corrected chi connectivity index (χ1v) is 19.1. The fraction of sp³-hybridized carbons (Fsp3) is 0. The van der Waals surface area contributed by atoms with Crippen molar-refractivity contribution in [2.24, 2.45) is 0 Å². The molecule has 6 heteroatoms. The summed E-state index contributed by atoms with van der Waals surface area (Å²) in [5, 5.41) is 6.71. The third-order valence-electron chi connectivity index (χ3n) is 11.2. The van der Waals surface area contributed by atoms with Gasteiger partial charge in [0.2, 0.25) is 5.95 Å². The molecule has 0 saturated heterocycles. The van der Waals surface area contributed by atoms with E-state index in [-0.39, 0.29) is 0 Å². The molecule has 0 unspecified atom stereocenters. The van der Waals surface area contributed by atoms with E-state index >= 15 is 0 Å². The van der Waals surface area contributed by atoms with E-state index in [2.05, 4.69) is 179 Å². The molecule has 12 aromatic rings. The van der Waals surface area contributed by atoms with E-state index in [9.17, 15) is 0 Å². The molecule has 0 aliphatic rings. The lowest BCUT2D eigenvalue weighted by atomic mass is 9.99. The standard InChI is InChI=1S/C51H31N5O/c1-2-16-32(17-3-1)40-30-33(31-41-38-22-9-15-29-47(38)57-48(40)41)49-52-50(54-51(53-49)56-44-26-12-6-20-36(44)37-21-7-13-27-45(37)56)39-23-8-14-28-46(39)55-42-24-10-4-18-34(42)35-19-5-11-25-43(35)55/h1-31H. The summed E-state index contributed by atoms with van der Waals surface area (Å²) in [6, 6.07) is 65.4. The average molecular weight is 730 g/mol. The molecule has 6 nitrogen and oxygen atoms in total. The van der Waals surface area contributed by atoms with Crippen molar-refractivity contribution in [3.8, 4) is 45.5 Å². The molecule has 57 heavy (non-hydrogen) atoms.